The molecule has 1 aliphatic rings. The Hall–Kier alpha value is -3.85. The minimum Gasteiger partial charge on any atom is -0.493 e. The van der Waals surface area contributed by atoms with Gasteiger partial charge in [-0.25, -0.2) is 4.79 Å². The van der Waals surface area contributed by atoms with E-state index in [1.807, 2.05) is 36.4 Å². The van der Waals surface area contributed by atoms with E-state index in [1.165, 1.54) is 20.5 Å². The van der Waals surface area contributed by atoms with Crippen molar-refractivity contribution in [3.05, 3.63) is 85.4 Å². The summed E-state index contributed by atoms with van der Waals surface area (Å²) in [5, 5.41) is 3.43. The lowest BCUT2D eigenvalue weighted by Gasteiger charge is -2.14. The van der Waals surface area contributed by atoms with Gasteiger partial charge in [-0.05, 0) is 67.5 Å². The minimum absolute atomic E-state index is 0.166. The first kappa shape index (κ1) is 24.8. The zero-order chi connectivity index (χ0) is 25.9. The van der Waals surface area contributed by atoms with Gasteiger partial charge in [0.05, 0.1) is 19.6 Å². The number of carbonyl (C=O) groups is 1. The number of amides is 1. The number of fused-ring (bicyclic) bond motifs is 3. The second-order valence-electron chi connectivity index (χ2n) is 9.07. The van der Waals surface area contributed by atoms with Gasteiger partial charge >= 0.3 is 5.69 Å². The molecule has 5 rings (SSSR count). The highest BCUT2D eigenvalue weighted by Crippen LogP contribution is 2.34. The summed E-state index contributed by atoms with van der Waals surface area (Å²) >= 11 is 1.47. The molecule has 0 unspecified atom stereocenters. The Morgan fingerprint density at radius 3 is 2.49 bits per heavy atom. The molecule has 0 spiro atoms. The molecule has 4 aromatic rings. The Labute approximate surface area is 218 Å². The first-order valence-corrected chi connectivity index (χ1v) is 13.2. The molecule has 2 heterocycles. The molecule has 0 saturated heterocycles. The average Bonchev–Trinajstić information content (AvgIpc) is 3.31. The SMILES string of the molecule is COc1ccc(CCn2c(=O)c3c4c(sc3n(CC(=O)Nc3ccccc3)c2=O)CCCC4)cc1OC. The number of para-hydroxylation sites is 1. The lowest BCUT2D eigenvalue weighted by atomic mass is 9.97. The molecule has 2 aromatic carbocycles. The molecule has 0 atom stereocenters. The van der Waals surface area contributed by atoms with E-state index in [0.29, 0.717) is 33.8 Å². The number of carbonyl (C=O) groups excluding carboxylic acids is 1. The fraction of sp³-hybridized carbons (Fsp3) is 0.321. The van der Waals surface area contributed by atoms with Crippen LogP contribution in [0.3, 0.4) is 0 Å². The number of benzene rings is 2. The summed E-state index contributed by atoms with van der Waals surface area (Å²) in [6, 6.07) is 14.7. The van der Waals surface area contributed by atoms with Crippen LogP contribution in [0.15, 0.2) is 58.1 Å². The third kappa shape index (κ3) is 4.91. The highest BCUT2D eigenvalue weighted by molar-refractivity contribution is 7.18. The maximum atomic E-state index is 13.7. The molecule has 0 radical (unpaired) electrons. The maximum absolute atomic E-state index is 13.7. The molecule has 9 heteroatoms. The van der Waals surface area contributed by atoms with Gasteiger partial charge in [0.25, 0.3) is 5.56 Å². The number of rotatable bonds is 8. The number of nitrogens with one attached hydrogen (secondary N) is 1. The van der Waals surface area contributed by atoms with Crippen LogP contribution in [0.25, 0.3) is 10.2 Å². The lowest BCUT2D eigenvalue weighted by molar-refractivity contribution is -0.116. The van der Waals surface area contributed by atoms with E-state index >= 15 is 0 Å². The van der Waals surface area contributed by atoms with Gasteiger partial charge in [-0.15, -0.1) is 11.3 Å². The van der Waals surface area contributed by atoms with Crippen molar-refractivity contribution >= 4 is 33.1 Å². The topological polar surface area (TPSA) is 91.6 Å². The summed E-state index contributed by atoms with van der Waals surface area (Å²) < 4.78 is 13.4. The molecule has 192 valence electrons. The lowest BCUT2D eigenvalue weighted by Crippen LogP contribution is -2.42. The summed E-state index contributed by atoms with van der Waals surface area (Å²) in [7, 11) is 3.14. The predicted molar refractivity (Wildman–Crippen MR) is 145 cm³/mol. The van der Waals surface area contributed by atoms with Crippen LogP contribution in [0.5, 0.6) is 11.5 Å². The summed E-state index contributed by atoms with van der Waals surface area (Å²) in [6.45, 7) is 0.0221. The van der Waals surface area contributed by atoms with Crippen LogP contribution < -0.4 is 26.0 Å². The third-order valence-corrected chi connectivity index (χ3v) is 8.06. The molecule has 0 bridgehead atoms. The van der Waals surface area contributed by atoms with Gasteiger partial charge in [0.1, 0.15) is 11.4 Å². The summed E-state index contributed by atoms with van der Waals surface area (Å²) in [4.78, 5) is 42.0. The molecular formula is C28H29N3O5S. The van der Waals surface area contributed by atoms with Crippen LogP contribution in [0.1, 0.15) is 28.8 Å². The molecule has 0 aliphatic heterocycles. The quantitative estimate of drug-likeness (QED) is 0.380. The van der Waals surface area contributed by atoms with Gasteiger partial charge in [0.2, 0.25) is 5.91 Å². The monoisotopic (exact) mass is 519 g/mol. The van der Waals surface area contributed by atoms with Gasteiger partial charge in [-0.1, -0.05) is 24.3 Å². The molecule has 1 aliphatic carbocycles. The number of aromatic nitrogens is 2. The van der Waals surface area contributed by atoms with Gasteiger partial charge in [0, 0.05) is 17.1 Å². The number of anilines is 1. The number of aryl methyl sites for hydroxylation is 3. The molecular weight excluding hydrogens is 490 g/mol. The second-order valence-corrected chi connectivity index (χ2v) is 10.2. The van der Waals surface area contributed by atoms with Crippen LogP contribution >= 0.6 is 11.3 Å². The van der Waals surface area contributed by atoms with Crippen molar-refractivity contribution in [2.24, 2.45) is 0 Å². The zero-order valence-electron chi connectivity index (χ0n) is 20.9. The number of methoxy groups -OCH3 is 2. The Balaban J connectivity index is 1.54. The first-order chi connectivity index (χ1) is 18.0. The van der Waals surface area contributed by atoms with Crippen molar-refractivity contribution in [2.45, 2.75) is 45.2 Å². The normalized spacial score (nSPS) is 12.8. The van der Waals surface area contributed by atoms with E-state index in [4.69, 9.17) is 9.47 Å². The molecule has 0 saturated carbocycles. The molecule has 2 aromatic heterocycles. The van der Waals surface area contributed by atoms with Crippen molar-refractivity contribution in [1.29, 1.82) is 0 Å². The number of hydrogen-bond acceptors (Lipinski definition) is 6. The second kappa shape index (κ2) is 10.6. The fourth-order valence-electron chi connectivity index (χ4n) is 4.90. The van der Waals surface area contributed by atoms with Crippen molar-refractivity contribution in [3.63, 3.8) is 0 Å². The highest BCUT2D eigenvalue weighted by atomic mass is 32.1. The number of hydrogen-bond donors (Lipinski definition) is 1. The van der Waals surface area contributed by atoms with Crippen LogP contribution in [0, 0.1) is 0 Å². The summed E-state index contributed by atoms with van der Waals surface area (Å²) in [5.74, 6) is 0.886. The summed E-state index contributed by atoms with van der Waals surface area (Å²) in [6.07, 6.45) is 4.23. The fourth-order valence-corrected chi connectivity index (χ4v) is 6.27. The molecule has 0 fully saturated rings. The molecule has 37 heavy (non-hydrogen) atoms. The van der Waals surface area contributed by atoms with E-state index < -0.39 is 5.69 Å². The molecule has 8 nitrogen and oxygen atoms in total. The largest absolute Gasteiger partial charge is 0.493 e. The van der Waals surface area contributed by atoms with Crippen LogP contribution in [-0.2, 0) is 37.1 Å². The van der Waals surface area contributed by atoms with E-state index in [0.717, 1.165) is 41.7 Å². The van der Waals surface area contributed by atoms with Crippen LogP contribution in [0.4, 0.5) is 5.69 Å². The van der Waals surface area contributed by atoms with Crippen molar-refractivity contribution in [1.82, 2.24) is 9.13 Å². The van der Waals surface area contributed by atoms with Crippen molar-refractivity contribution in [3.8, 4) is 11.5 Å². The highest BCUT2D eigenvalue weighted by Gasteiger charge is 2.24. The van der Waals surface area contributed by atoms with Crippen LogP contribution in [-0.4, -0.2) is 29.3 Å². The molecule has 1 N–H and O–H groups in total. The third-order valence-electron chi connectivity index (χ3n) is 6.75. The Morgan fingerprint density at radius 1 is 0.973 bits per heavy atom. The molecule has 1 amide bonds. The Morgan fingerprint density at radius 2 is 1.73 bits per heavy atom. The van der Waals surface area contributed by atoms with Gasteiger partial charge in [0.15, 0.2) is 11.5 Å². The van der Waals surface area contributed by atoms with E-state index in [9.17, 15) is 14.4 Å². The van der Waals surface area contributed by atoms with Crippen LogP contribution in [0.2, 0.25) is 0 Å². The van der Waals surface area contributed by atoms with E-state index in [2.05, 4.69) is 5.32 Å². The smallest absolute Gasteiger partial charge is 0.332 e. The van der Waals surface area contributed by atoms with Gasteiger partial charge in [-0.3, -0.25) is 18.7 Å². The predicted octanol–water partition coefficient (Wildman–Crippen LogP) is 4.00. The maximum Gasteiger partial charge on any atom is 0.332 e. The van der Waals surface area contributed by atoms with Gasteiger partial charge in [-0.2, -0.15) is 0 Å². The van der Waals surface area contributed by atoms with Gasteiger partial charge < -0.3 is 14.8 Å². The standard InChI is InChI=1S/C28H29N3O5S/c1-35-21-13-12-18(16-22(21)36-2)14-15-30-26(33)25-20-10-6-7-11-23(20)37-27(25)31(28(30)34)17-24(32)29-19-8-4-3-5-9-19/h3-5,8-9,12-13,16H,6-7,10-11,14-15,17H2,1-2H3,(H,29,32). The Kier molecular flexibility index (Phi) is 7.14. The van der Waals surface area contributed by atoms with Crippen molar-refractivity contribution < 1.29 is 14.3 Å². The average molecular weight is 520 g/mol. The zero-order valence-corrected chi connectivity index (χ0v) is 21.7. The number of ether oxygens (including phenoxy) is 2. The van der Waals surface area contributed by atoms with E-state index in [-0.39, 0.29) is 24.6 Å². The number of thiophene rings is 1. The van der Waals surface area contributed by atoms with Crippen molar-refractivity contribution in [2.75, 3.05) is 19.5 Å². The number of nitrogens with zero attached hydrogens (tertiary/aromatic N) is 2. The van der Waals surface area contributed by atoms with E-state index in [1.54, 1.807) is 26.4 Å². The minimum atomic E-state index is -0.472. The summed E-state index contributed by atoms with van der Waals surface area (Å²) in [5.41, 5.74) is 1.85. The first-order valence-electron chi connectivity index (χ1n) is 12.3. The Bertz CT molecular complexity index is 1570.